The summed E-state index contributed by atoms with van der Waals surface area (Å²) in [5.74, 6) is -0.678. The van der Waals surface area contributed by atoms with Crippen molar-refractivity contribution in [2.75, 3.05) is 55.5 Å². The molecule has 29 heavy (non-hydrogen) atoms. The van der Waals surface area contributed by atoms with Crippen LogP contribution in [0.4, 0.5) is 40.7 Å². The molecule has 1 fully saturated rings. The fourth-order valence-corrected chi connectivity index (χ4v) is 2.93. The second-order valence-corrected chi connectivity index (χ2v) is 6.21. The van der Waals surface area contributed by atoms with E-state index in [1.807, 2.05) is 4.90 Å². The summed E-state index contributed by atoms with van der Waals surface area (Å²) in [7, 11) is 1.42. The Morgan fingerprint density at radius 2 is 1.97 bits per heavy atom. The third-order valence-corrected chi connectivity index (χ3v) is 4.31. The number of nitrogens with zero attached hydrogens (tertiary/aromatic N) is 3. The van der Waals surface area contributed by atoms with Gasteiger partial charge in [-0.3, -0.25) is 0 Å². The van der Waals surface area contributed by atoms with E-state index in [2.05, 4.69) is 20.6 Å². The molecular formula is C18H21F4N5O2. The average molecular weight is 415 g/mol. The summed E-state index contributed by atoms with van der Waals surface area (Å²) in [4.78, 5) is 9.43. The van der Waals surface area contributed by atoms with E-state index in [0.29, 0.717) is 43.9 Å². The number of morpholine rings is 1. The van der Waals surface area contributed by atoms with Crippen LogP contribution in [0.15, 0.2) is 18.3 Å². The van der Waals surface area contributed by atoms with Crippen LogP contribution in [0, 0.1) is 5.82 Å². The van der Waals surface area contributed by atoms with Crippen molar-refractivity contribution in [1.29, 1.82) is 0 Å². The molecule has 0 bridgehead atoms. The first-order valence-corrected chi connectivity index (χ1v) is 8.98. The van der Waals surface area contributed by atoms with Crippen LogP contribution in [0.5, 0.6) is 5.75 Å². The third-order valence-electron chi connectivity index (χ3n) is 4.31. The fraction of sp³-hybridized carbons (Fsp3) is 0.444. The molecule has 1 aliphatic rings. The summed E-state index contributed by atoms with van der Waals surface area (Å²) in [5.41, 5.74) is -0.424. The number of nitrogens with one attached hydrogen (secondary N) is 2. The summed E-state index contributed by atoms with van der Waals surface area (Å²) in [6.45, 7) is 3.97. The predicted octanol–water partition coefficient (Wildman–Crippen LogP) is 3.66. The zero-order valence-corrected chi connectivity index (χ0v) is 15.9. The lowest BCUT2D eigenvalue weighted by atomic mass is 10.2. The second kappa shape index (κ2) is 8.68. The number of hydrogen-bond donors (Lipinski definition) is 2. The van der Waals surface area contributed by atoms with Gasteiger partial charge in [-0.1, -0.05) is 0 Å². The van der Waals surface area contributed by atoms with Gasteiger partial charge in [0.25, 0.3) is 0 Å². The van der Waals surface area contributed by atoms with E-state index < -0.39 is 17.6 Å². The smallest absolute Gasteiger partial charge is 0.421 e. The van der Waals surface area contributed by atoms with E-state index in [4.69, 9.17) is 9.47 Å². The molecule has 0 saturated carbocycles. The Morgan fingerprint density at radius 3 is 2.59 bits per heavy atom. The molecule has 158 valence electrons. The number of benzene rings is 1. The Kier molecular flexibility index (Phi) is 6.26. The number of halogens is 4. The summed E-state index contributed by atoms with van der Waals surface area (Å²) >= 11 is 0. The van der Waals surface area contributed by atoms with Gasteiger partial charge in [0.1, 0.15) is 22.9 Å². The van der Waals surface area contributed by atoms with Gasteiger partial charge in [0.05, 0.1) is 31.7 Å². The van der Waals surface area contributed by atoms with Crippen molar-refractivity contribution in [2.45, 2.75) is 13.1 Å². The van der Waals surface area contributed by atoms with Gasteiger partial charge in [0.2, 0.25) is 5.95 Å². The Balaban J connectivity index is 1.91. The SMILES string of the molecule is CCNc1nc(Nc2cc(F)c(N3CCOCC3)cc2OC)ncc1C(F)(F)F. The van der Waals surface area contributed by atoms with E-state index in [1.165, 1.54) is 19.2 Å². The Morgan fingerprint density at radius 1 is 1.24 bits per heavy atom. The molecule has 0 radical (unpaired) electrons. The maximum Gasteiger partial charge on any atom is 0.421 e. The van der Waals surface area contributed by atoms with E-state index in [9.17, 15) is 17.6 Å². The highest BCUT2D eigenvalue weighted by Gasteiger charge is 2.35. The van der Waals surface area contributed by atoms with Gasteiger partial charge in [0.15, 0.2) is 0 Å². The average Bonchev–Trinajstić information content (AvgIpc) is 2.68. The summed E-state index contributed by atoms with van der Waals surface area (Å²) < 4.78 is 64.6. The number of aromatic nitrogens is 2. The molecule has 0 unspecified atom stereocenters. The highest BCUT2D eigenvalue weighted by Crippen LogP contribution is 2.36. The first-order valence-electron chi connectivity index (χ1n) is 8.98. The highest BCUT2D eigenvalue weighted by atomic mass is 19.4. The molecule has 7 nitrogen and oxygen atoms in total. The molecule has 1 aromatic carbocycles. The van der Waals surface area contributed by atoms with Crippen LogP contribution in [0.1, 0.15) is 12.5 Å². The first-order chi connectivity index (χ1) is 13.8. The van der Waals surface area contributed by atoms with Gasteiger partial charge in [-0.15, -0.1) is 0 Å². The van der Waals surface area contributed by atoms with Crippen molar-refractivity contribution in [2.24, 2.45) is 0 Å². The van der Waals surface area contributed by atoms with Crippen molar-refractivity contribution in [1.82, 2.24) is 9.97 Å². The summed E-state index contributed by atoms with van der Waals surface area (Å²) in [6.07, 6.45) is -3.92. The lowest BCUT2D eigenvalue weighted by Gasteiger charge is -2.29. The van der Waals surface area contributed by atoms with E-state index >= 15 is 0 Å². The molecule has 0 atom stereocenters. The molecule has 0 amide bonds. The van der Waals surface area contributed by atoms with E-state index in [0.717, 1.165) is 0 Å². The minimum Gasteiger partial charge on any atom is -0.494 e. The minimum absolute atomic E-state index is 0.120. The van der Waals surface area contributed by atoms with Gasteiger partial charge < -0.3 is 25.0 Å². The van der Waals surface area contributed by atoms with Crippen molar-refractivity contribution >= 4 is 23.1 Å². The topological polar surface area (TPSA) is 71.5 Å². The number of anilines is 4. The fourth-order valence-electron chi connectivity index (χ4n) is 2.93. The number of hydrogen-bond acceptors (Lipinski definition) is 7. The lowest BCUT2D eigenvalue weighted by molar-refractivity contribution is -0.137. The van der Waals surface area contributed by atoms with Crippen LogP contribution in [0.25, 0.3) is 0 Å². The predicted molar refractivity (Wildman–Crippen MR) is 100 cm³/mol. The monoisotopic (exact) mass is 415 g/mol. The zero-order chi connectivity index (χ0) is 21.0. The largest absolute Gasteiger partial charge is 0.494 e. The Labute approximate surface area is 165 Å². The molecule has 1 aliphatic heterocycles. The summed E-state index contributed by atoms with van der Waals surface area (Å²) in [5, 5.41) is 5.30. The molecule has 2 heterocycles. The zero-order valence-electron chi connectivity index (χ0n) is 15.9. The van der Waals surface area contributed by atoms with Gasteiger partial charge in [0, 0.05) is 38.0 Å². The second-order valence-electron chi connectivity index (χ2n) is 6.21. The van der Waals surface area contributed by atoms with Gasteiger partial charge >= 0.3 is 6.18 Å². The summed E-state index contributed by atoms with van der Waals surface area (Å²) in [6, 6.07) is 2.73. The molecule has 2 aromatic rings. The minimum atomic E-state index is -4.60. The lowest BCUT2D eigenvalue weighted by Crippen LogP contribution is -2.36. The van der Waals surface area contributed by atoms with Crippen molar-refractivity contribution in [3.8, 4) is 5.75 Å². The van der Waals surface area contributed by atoms with Gasteiger partial charge in [-0.25, -0.2) is 9.37 Å². The quantitative estimate of drug-likeness (QED) is 0.698. The van der Waals surface area contributed by atoms with Crippen molar-refractivity contribution in [3.05, 3.63) is 29.7 Å². The van der Waals surface area contributed by atoms with E-state index in [1.54, 1.807) is 6.92 Å². The van der Waals surface area contributed by atoms with Crippen LogP contribution in [-0.2, 0) is 10.9 Å². The Bertz CT molecular complexity index is 857. The van der Waals surface area contributed by atoms with Crippen LogP contribution >= 0.6 is 0 Å². The van der Waals surface area contributed by atoms with Crippen molar-refractivity contribution < 1.29 is 27.0 Å². The molecule has 1 saturated heterocycles. The van der Waals surface area contributed by atoms with Crippen LogP contribution < -0.4 is 20.3 Å². The van der Waals surface area contributed by atoms with E-state index in [-0.39, 0.29) is 24.0 Å². The normalized spacial score (nSPS) is 14.6. The van der Waals surface area contributed by atoms with Crippen molar-refractivity contribution in [3.63, 3.8) is 0 Å². The molecule has 3 rings (SSSR count). The third kappa shape index (κ3) is 4.78. The van der Waals surface area contributed by atoms with Crippen LogP contribution in [0.3, 0.4) is 0 Å². The van der Waals surface area contributed by atoms with Crippen LogP contribution in [-0.4, -0.2) is 49.9 Å². The number of methoxy groups -OCH3 is 1. The molecule has 11 heteroatoms. The molecule has 0 aliphatic carbocycles. The number of alkyl halides is 3. The first kappa shape index (κ1) is 20.9. The molecule has 1 aromatic heterocycles. The number of ether oxygens (including phenoxy) is 2. The standard InChI is InChI=1S/C18H21F4N5O2/c1-3-23-16-11(18(20,21)22)10-24-17(26-16)25-13-8-12(19)14(9-15(13)28-2)27-4-6-29-7-5-27/h8-10H,3-7H2,1-2H3,(H2,23,24,25,26). The number of rotatable bonds is 6. The Hall–Kier alpha value is -2.82. The van der Waals surface area contributed by atoms with Gasteiger partial charge in [-0.05, 0) is 6.92 Å². The maximum atomic E-state index is 14.7. The molecule has 2 N–H and O–H groups in total. The highest BCUT2D eigenvalue weighted by molar-refractivity contribution is 5.69. The molecular weight excluding hydrogens is 394 g/mol. The maximum absolute atomic E-state index is 14.7. The molecule has 0 spiro atoms. The van der Waals surface area contributed by atoms with Crippen LogP contribution in [0.2, 0.25) is 0 Å². The van der Waals surface area contributed by atoms with Gasteiger partial charge in [-0.2, -0.15) is 18.2 Å².